The van der Waals surface area contributed by atoms with Crippen LogP contribution in [0.5, 0.6) is 0 Å². The minimum absolute atomic E-state index is 0.0910. The van der Waals surface area contributed by atoms with Crippen LogP contribution in [0, 0.1) is 23.5 Å². The fourth-order valence-electron chi connectivity index (χ4n) is 3.07. The molecular formula is C21H20ClF2N. The van der Waals surface area contributed by atoms with Crippen LogP contribution in [0.3, 0.4) is 0 Å². The summed E-state index contributed by atoms with van der Waals surface area (Å²) in [7, 11) is 0. The lowest BCUT2D eigenvalue weighted by Crippen LogP contribution is -2.24. The van der Waals surface area contributed by atoms with E-state index >= 15 is 0 Å². The van der Waals surface area contributed by atoms with Gasteiger partial charge in [-0.25, -0.2) is 8.78 Å². The van der Waals surface area contributed by atoms with E-state index in [1.807, 2.05) is 6.07 Å². The van der Waals surface area contributed by atoms with Gasteiger partial charge in [0.1, 0.15) is 5.82 Å². The number of rotatable bonds is 2. The molecule has 0 bridgehead atoms. The molecule has 0 radical (unpaired) electrons. The molecule has 2 aromatic carbocycles. The molecule has 2 aromatic rings. The van der Waals surface area contributed by atoms with Crippen molar-refractivity contribution in [3.05, 3.63) is 58.6 Å². The van der Waals surface area contributed by atoms with E-state index in [0.717, 1.165) is 25.9 Å². The summed E-state index contributed by atoms with van der Waals surface area (Å²) in [6, 6.07) is 10.2. The standard InChI is InChI=1S/C21H20ClF2N/c22-20-18(16-9-4-3-5-10-16)15-19(23)17(21(20)24)11-8-14-25-12-6-1-2-7-13-25/h3-5,9-10,15H,1-2,6-7,12-14H2. The molecule has 0 atom stereocenters. The zero-order chi connectivity index (χ0) is 17.6. The lowest BCUT2D eigenvalue weighted by molar-refractivity contribution is 0.320. The Morgan fingerprint density at radius 1 is 1.00 bits per heavy atom. The Morgan fingerprint density at radius 2 is 1.68 bits per heavy atom. The summed E-state index contributed by atoms with van der Waals surface area (Å²) in [5, 5.41) is -0.0910. The molecule has 130 valence electrons. The van der Waals surface area contributed by atoms with Gasteiger partial charge in [-0.2, -0.15) is 0 Å². The van der Waals surface area contributed by atoms with E-state index in [4.69, 9.17) is 11.6 Å². The first-order valence-electron chi connectivity index (χ1n) is 8.61. The van der Waals surface area contributed by atoms with Gasteiger partial charge in [0.05, 0.1) is 17.1 Å². The molecule has 0 unspecified atom stereocenters. The molecule has 1 aliphatic heterocycles. The molecule has 0 spiro atoms. The molecule has 1 saturated heterocycles. The second-order valence-electron chi connectivity index (χ2n) is 6.27. The summed E-state index contributed by atoms with van der Waals surface area (Å²) in [4.78, 5) is 2.23. The smallest absolute Gasteiger partial charge is 0.160 e. The highest BCUT2D eigenvalue weighted by Gasteiger charge is 2.17. The third-order valence-corrected chi connectivity index (χ3v) is 4.83. The van der Waals surface area contributed by atoms with Crippen LogP contribution in [0.25, 0.3) is 11.1 Å². The second-order valence-corrected chi connectivity index (χ2v) is 6.65. The van der Waals surface area contributed by atoms with E-state index in [1.165, 1.54) is 18.9 Å². The first-order valence-corrected chi connectivity index (χ1v) is 8.99. The van der Waals surface area contributed by atoms with Crippen molar-refractivity contribution in [3.8, 4) is 23.0 Å². The molecule has 1 aliphatic rings. The third kappa shape index (κ3) is 4.39. The quantitative estimate of drug-likeness (QED) is 0.504. The summed E-state index contributed by atoms with van der Waals surface area (Å²) < 4.78 is 28.9. The first-order chi connectivity index (χ1) is 12.2. The summed E-state index contributed by atoms with van der Waals surface area (Å²) in [6.07, 6.45) is 4.79. The molecule has 0 amide bonds. The summed E-state index contributed by atoms with van der Waals surface area (Å²) in [5.74, 6) is 4.08. The average Bonchev–Trinajstić information content (AvgIpc) is 2.90. The molecule has 25 heavy (non-hydrogen) atoms. The number of likely N-dealkylation sites (tertiary alicyclic amines) is 1. The molecule has 1 heterocycles. The molecule has 0 N–H and O–H groups in total. The SMILES string of the molecule is Fc1cc(-c2ccccc2)c(Cl)c(F)c1C#CCN1CCCCCC1. The van der Waals surface area contributed by atoms with Crippen LogP contribution in [0.2, 0.25) is 5.02 Å². The minimum atomic E-state index is -0.788. The molecule has 0 saturated carbocycles. The molecule has 3 rings (SSSR count). The first kappa shape index (κ1) is 17.9. The third-order valence-electron chi connectivity index (χ3n) is 4.46. The predicted octanol–water partition coefficient (Wildman–Crippen LogP) is 5.51. The Balaban J connectivity index is 1.83. The lowest BCUT2D eigenvalue weighted by Gasteiger charge is -2.15. The van der Waals surface area contributed by atoms with Gasteiger partial charge in [0.15, 0.2) is 5.82 Å². The zero-order valence-corrected chi connectivity index (χ0v) is 14.8. The number of benzene rings is 2. The maximum atomic E-state index is 14.6. The average molecular weight is 360 g/mol. The maximum Gasteiger partial charge on any atom is 0.160 e. The van der Waals surface area contributed by atoms with Crippen molar-refractivity contribution in [3.63, 3.8) is 0 Å². The van der Waals surface area contributed by atoms with E-state index < -0.39 is 11.6 Å². The van der Waals surface area contributed by atoms with Crippen molar-refractivity contribution in [2.75, 3.05) is 19.6 Å². The Hall–Kier alpha value is -1.89. The van der Waals surface area contributed by atoms with Gasteiger partial charge >= 0.3 is 0 Å². The number of hydrogen-bond acceptors (Lipinski definition) is 1. The van der Waals surface area contributed by atoms with Crippen molar-refractivity contribution in [2.24, 2.45) is 0 Å². The van der Waals surface area contributed by atoms with Crippen LogP contribution in [-0.4, -0.2) is 24.5 Å². The van der Waals surface area contributed by atoms with Crippen molar-refractivity contribution in [1.82, 2.24) is 4.90 Å². The van der Waals surface area contributed by atoms with Gasteiger partial charge in [0.25, 0.3) is 0 Å². The van der Waals surface area contributed by atoms with Gasteiger partial charge in [0, 0.05) is 5.56 Å². The van der Waals surface area contributed by atoms with Crippen LogP contribution < -0.4 is 0 Å². The Morgan fingerprint density at radius 3 is 2.36 bits per heavy atom. The normalized spacial score (nSPS) is 15.3. The van der Waals surface area contributed by atoms with Crippen LogP contribution in [0.4, 0.5) is 8.78 Å². The molecule has 1 nitrogen and oxygen atoms in total. The molecule has 0 aromatic heterocycles. The molecule has 0 aliphatic carbocycles. The van der Waals surface area contributed by atoms with Crippen LogP contribution >= 0.6 is 11.6 Å². The molecular weight excluding hydrogens is 340 g/mol. The van der Waals surface area contributed by atoms with Gasteiger partial charge in [-0.15, -0.1) is 0 Å². The number of hydrogen-bond donors (Lipinski definition) is 0. The van der Waals surface area contributed by atoms with Gasteiger partial charge in [-0.3, -0.25) is 4.90 Å². The fourth-order valence-corrected chi connectivity index (χ4v) is 3.33. The minimum Gasteiger partial charge on any atom is -0.292 e. The van der Waals surface area contributed by atoms with Crippen LogP contribution in [0.15, 0.2) is 36.4 Å². The van der Waals surface area contributed by atoms with Gasteiger partial charge in [-0.1, -0.05) is 66.6 Å². The van der Waals surface area contributed by atoms with Gasteiger partial charge < -0.3 is 0 Å². The Kier molecular flexibility index (Phi) is 6.07. The Bertz CT molecular complexity index is 785. The topological polar surface area (TPSA) is 3.24 Å². The highest BCUT2D eigenvalue weighted by atomic mass is 35.5. The van der Waals surface area contributed by atoms with Crippen molar-refractivity contribution in [2.45, 2.75) is 25.7 Å². The summed E-state index contributed by atoms with van der Waals surface area (Å²) >= 11 is 6.13. The van der Waals surface area contributed by atoms with Gasteiger partial charge in [0.2, 0.25) is 0 Å². The fraction of sp³-hybridized carbons (Fsp3) is 0.333. The maximum absolute atomic E-state index is 14.6. The van der Waals surface area contributed by atoms with Crippen molar-refractivity contribution >= 4 is 11.6 Å². The lowest BCUT2D eigenvalue weighted by atomic mass is 10.0. The molecule has 1 fully saturated rings. The zero-order valence-electron chi connectivity index (χ0n) is 14.0. The number of halogens is 3. The van der Waals surface area contributed by atoms with Crippen LogP contribution in [0.1, 0.15) is 31.2 Å². The Labute approximate surface area is 152 Å². The van der Waals surface area contributed by atoms with Crippen molar-refractivity contribution < 1.29 is 8.78 Å². The van der Waals surface area contributed by atoms with Gasteiger partial charge in [-0.05, 0) is 37.6 Å². The summed E-state index contributed by atoms with van der Waals surface area (Å²) in [5.41, 5.74) is 0.768. The molecule has 4 heteroatoms. The van der Waals surface area contributed by atoms with E-state index in [-0.39, 0.29) is 10.6 Å². The largest absolute Gasteiger partial charge is 0.292 e. The highest BCUT2D eigenvalue weighted by molar-refractivity contribution is 6.33. The number of nitrogens with zero attached hydrogens (tertiary/aromatic N) is 1. The van der Waals surface area contributed by atoms with Crippen molar-refractivity contribution in [1.29, 1.82) is 0 Å². The van der Waals surface area contributed by atoms with E-state index in [9.17, 15) is 8.78 Å². The monoisotopic (exact) mass is 359 g/mol. The predicted molar refractivity (Wildman–Crippen MR) is 98.6 cm³/mol. The highest BCUT2D eigenvalue weighted by Crippen LogP contribution is 2.33. The van der Waals surface area contributed by atoms with E-state index in [1.54, 1.807) is 24.3 Å². The summed E-state index contributed by atoms with van der Waals surface area (Å²) in [6.45, 7) is 2.51. The van der Waals surface area contributed by atoms with E-state index in [2.05, 4.69) is 16.7 Å². The second kappa shape index (κ2) is 8.47. The van der Waals surface area contributed by atoms with Crippen LogP contribution in [-0.2, 0) is 0 Å². The van der Waals surface area contributed by atoms with E-state index in [0.29, 0.717) is 17.7 Å².